The maximum Gasteiger partial charge on any atom is 0.341 e. The van der Waals surface area contributed by atoms with Crippen molar-refractivity contribution < 1.29 is 23.9 Å². The van der Waals surface area contributed by atoms with Crippen LogP contribution in [0.4, 0.5) is 5.00 Å². The van der Waals surface area contributed by atoms with Crippen molar-refractivity contribution in [2.75, 3.05) is 18.5 Å². The first-order chi connectivity index (χ1) is 19.9. The third-order valence-corrected chi connectivity index (χ3v) is 8.20. The summed E-state index contributed by atoms with van der Waals surface area (Å²) in [4.78, 5) is 51.6. The van der Waals surface area contributed by atoms with Crippen LogP contribution in [0.15, 0.2) is 53.9 Å². The molecule has 1 aromatic heterocycles. The molecule has 2 aromatic carbocycles. The molecule has 1 aliphatic rings. The number of hydrogen-bond acceptors (Lipinski definition) is 6. The van der Waals surface area contributed by atoms with Crippen LogP contribution >= 0.6 is 11.3 Å². The molecule has 0 saturated carbocycles. The molecule has 8 heteroatoms. The molecule has 0 atom stereocenters. The number of hydrogen-bond donors (Lipinski definition) is 1. The molecular formula is C33H38N2O5S. The van der Waals surface area contributed by atoms with Gasteiger partial charge in [-0.05, 0) is 44.4 Å². The third-order valence-electron chi connectivity index (χ3n) is 7.30. The number of carbonyl (C=O) groups excluding carboxylic acids is 4. The molecule has 1 N–H and O–H groups in total. The van der Waals surface area contributed by atoms with Crippen molar-refractivity contribution in [1.82, 2.24) is 4.90 Å². The minimum absolute atomic E-state index is 0.0963. The fourth-order valence-corrected chi connectivity index (χ4v) is 6.02. The van der Waals surface area contributed by atoms with E-state index in [0.29, 0.717) is 34.7 Å². The number of benzene rings is 2. The number of nitrogens with zero attached hydrogens (tertiary/aromatic N) is 1. The molecule has 1 aliphatic heterocycles. The number of imide groups is 1. The van der Waals surface area contributed by atoms with Gasteiger partial charge in [-0.3, -0.25) is 19.3 Å². The van der Waals surface area contributed by atoms with E-state index in [4.69, 9.17) is 4.74 Å². The Kier molecular flexibility index (Phi) is 10.8. The SMILES string of the molecule is CCOC(=O)c1c(-c2ccc(C)cc2)csc1NC(=O)CCCCCCCCCCN1C(=O)c2ccccc2C1=O. The Morgan fingerprint density at radius 1 is 0.805 bits per heavy atom. The van der Waals surface area contributed by atoms with Gasteiger partial charge in [0.2, 0.25) is 5.91 Å². The van der Waals surface area contributed by atoms with Crippen LogP contribution in [0.1, 0.15) is 101 Å². The van der Waals surface area contributed by atoms with Crippen LogP contribution < -0.4 is 5.32 Å². The second-order valence-electron chi connectivity index (χ2n) is 10.4. The van der Waals surface area contributed by atoms with E-state index in [1.165, 1.54) is 16.2 Å². The number of amides is 3. The molecule has 41 heavy (non-hydrogen) atoms. The number of esters is 1. The Balaban J connectivity index is 1.12. The Hall–Kier alpha value is -3.78. The predicted octanol–water partition coefficient (Wildman–Crippen LogP) is 7.65. The summed E-state index contributed by atoms with van der Waals surface area (Å²) in [5.41, 5.74) is 4.25. The molecular weight excluding hydrogens is 536 g/mol. The van der Waals surface area contributed by atoms with Crippen LogP contribution in [0.3, 0.4) is 0 Å². The van der Waals surface area contributed by atoms with Crippen molar-refractivity contribution in [3.05, 3.63) is 76.2 Å². The largest absolute Gasteiger partial charge is 0.462 e. The lowest BCUT2D eigenvalue weighted by molar-refractivity contribution is -0.116. The lowest BCUT2D eigenvalue weighted by Gasteiger charge is -2.13. The van der Waals surface area contributed by atoms with Crippen LogP contribution in [-0.2, 0) is 9.53 Å². The van der Waals surface area contributed by atoms with Gasteiger partial charge in [0, 0.05) is 23.9 Å². The van der Waals surface area contributed by atoms with E-state index >= 15 is 0 Å². The number of unbranched alkanes of at least 4 members (excludes halogenated alkanes) is 7. The Labute approximate surface area is 245 Å². The molecule has 2 heterocycles. The van der Waals surface area contributed by atoms with E-state index < -0.39 is 5.97 Å². The molecule has 4 rings (SSSR count). The summed E-state index contributed by atoms with van der Waals surface area (Å²) in [6.07, 6.45) is 8.24. The van der Waals surface area contributed by atoms with Gasteiger partial charge >= 0.3 is 5.97 Å². The van der Waals surface area contributed by atoms with Crippen LogP contribution in [0.2, 0.25) is 0 Å². The normalized spacial score (nSPS) is 12.5. The van der Waals surface area contributed by atoms with Gasteiger partial charge < -0.3 is 10.1 Å². The first kappa shape index (κ1) is 30.2. The molecule has 0 spiro atoms. The number of thiophene rings is 1. The second kappa shape index (κ2) is 14.7. The van der Waals surface area contributed by atoms with Crippen LogP contribution in [0.25, 0.3) is 11.1 Å². The first-order valence-corrected chi connectivity index (χ1v) is 15.4. The lowest BCUT2D eigenvalue weighted by atomic mass is 10.0. The van der Waals surface area contributed by atoms with E-state index in [1.54, 1.807) is 31.2 Å². The minimum Gasteiger partial charge on any atom is -0.462 e. The maximum absolute atomic E-state index is 12.7. The molecule has 216 valence electrons. The van der Waals surface area contributed by atoms with Crippen molar-refractivity contribution in [3.8, 4) is 11.1 Å². The zero-order chi connectivity index (χ0) is 29.2. The summed E-state index contributed by atoms with van der Waals surface area (Å²) < 4.78 is 5.29. The van der Waals surface area contributed by atoms with Crippen molar-refractivity contribution in [3.63, 3.8) is 0 Å². The quantitative estimate of drug-likeness (QED) is 0.114. The summed E-state index contributed by atoms with van der Waals surface area (Å²) in [5, 5.41) is 5.37. The summed E-state index contributed by atoms with van der Waals surface area (Å²) in [7, 11) is 0. The molecule has 0 unspecified atom stereocenters. The number of nitrogens with one attached hydrogen (secondary N) is 1. The van der Waals surface area contributed by atoms with Gasteiger partial charge in [0.25, 0.3) is 11.8 Å². The Morgan fingerprint density at radius 3 is 2.00 bits per heavy atom. The number of anilines is 1. The third kappa shape index (κ3) is 7.70. The van der Waals surface area contributed by atoms with E-state index in [2.05, 4.69) is 5.32 Å². The number of fused-ring (bicyclic) bond motifs is 1. The number of ether oxygens (including phenoxy) is 1. The zero-order valence-electron chi connectivity index (χ0n) is 23.9. The number of aryl methyl sites for hydroxylation is 1. The topological polar surface area (TPSA) is 92.8 Å². The van der Waals surface area contributed by atoms with Crippen LogP contribution in [0.5, 0.6) is 0 Å². The van der Waals surface area contributed by atoms with Crippen LogP contribution in [0, 0.1) is 6.92 Å². The minimum atomic E-state index is -0.427. The van der Waals surface area contributed by atoms with E-state index in [0.717, 1.165) is 68.1 Å². The van der Waals surface area contributed by atoms with E-state index in [1.807, 2.05) is 36.6 Å². The van der Waals surface area contributed by atoms with Crippen molar-refractivity contribution in [2.45, 2.75) is 71.6 Å². The molecule has 0 saturated heterocycles. The number of carbonyl (C=O) groups is 4. The van der Waals surface area contributed by atoms with Gasteiger partial charge in [-0.2, -0.15) is 0 Å². The Morgan fingerprint density at radius 2 is 1.39 bits per heavy atom. The highest BCUT2D eigenvalue weighted by Crippen LogP contribution is 2.36. The zero-order valence-corrected chi connectivity index (χ0v) is 24.7. The molecule has 7 nitrogen and oxygen atoms in total. The standard InChI is InChI=1S/C33H38N2O5S/c1-3-40-33(39)29-27(24-19-17-23(2)18-20-24)22-41-30(29)34-28(36)16-10-8-6-4-5-7-9-13-21-35-31(37)25-14-11-12-15-26(25)32(35)38/h11-12,14-15,17-20,22H,3-10,13,16,21H2,1-2H3,(H,34,36). The summed E-state index contributed by atoms with van der Waals surface area (Å²) >= 11 is 1.35. The van der Waals surface area contributed by atoms with Gasteiger partial charge in [-0.1, -0.05) is 80.5 Å². The monoisotopic (exact) mass is 574 g/mol. The van der Waals surface area contributed by atoms with Crippen molar-refractivity contribution in [1.29, 1.82) is 0 Å². The fraction of sp³-hybridized carbons (Fsp3) is 0.394. The highest BCUT2D eigenvalue weighted by Gasteiger charge is 2.34. The molecule has 0 radical (unpaired) electrons. The lowest BCUT2D eigenvalue weighted by Crippen LogP contribution is -2.30. The molecule has 3 aromatic rings. The highest BCUT2D eigenvalue weighted by atomic mass is 32.1. The average molecular weight is 575 g/mol. The highest BCUT2D eigenvalue weighted by molar-refractivity contribution is 7.15. The van der Waals surface area contributed by atoms with Gasteiger partial charge in [-0.25, -0.2) is 4.79 Å². The van der Waals surface area contributed by atoms with Crippen LogP contribution in [-0.4, -0.2) is 41.7 Å². The Bertz CT molecular complexity index is 1340. The average Bonchev–Trinajstić information content (AvgIpc) is 3.49. The van der Waals surface area contributed by atoms with Gasteiger partial charge in [-0.15, -0.1) is 11.3 Å². The maximum atomic E-state index is 12.7. The van der Waals surface area contributed by atoms with Gasteiger partial charge in [0.15, 0.2) is 0 Å². The second-order valence-corrected chi connectivity index (χ2v) is 11.3. The smallest absolute Gasteiger partial charge is 0.341 e. The molecule has 0 fully saturated rings. The summed E-state index contributed by atoms with van der Waals surface area (Å²) in [6.45, 7) is 4.52. The van der Waals surface area contributed by atoms with Gasteiger partial charge in [0.05, 0.1) is 17.7 Å². The molecule has 0 bridgehead atoms. The van der Waals surface area contributed by atoms with E-state index in [-0.39, 0.29) is 24.3 Å². The van der Waals surface area contributed by atoms with Gasteiger partial charge in [0.1, 0.15) is 10.6 Å². The van der Waals surface area contributed by atoms with Crippen molar-refractivity contribution in [2.24, 2.45) is 0 Å². The van der Waals surface area contributed by atoms with Crippen molar-refractivity contribution >= 4 is 40.0 Å². The first-order valence-electron chi connectivity index (χ1n) is 14.5. The number of rotatable bonds is 15. The summed E-state index contributed by atoms with van der Waals surface area (Å²) in [5.74, 6) is -0.889. The molecule has 3 amide bonds. The molecule has 0 aliphatic carbocycles. The fourth-order valence-electron chi connectivity index (χ4n) is 5.05. The predicted molar refractivity (Wildman–Crippen MR) is 162 cm³/mol. The van der Waals surface area contributed by atoms with E-state index in [9.17, 15) is 19.2 Å². The summed E-state index contributed by atoms with van der Waals surface area (Å²) in [6, 6.07) is 14.9.